The number of aromatic nitrogens is 2. The maximum absolute atomic E-state index is 12.7. The fourth-order valence-electron chi connectivity index (χ4n) is 1.92. The van der Waals surface area contributed by atoms with Crippen molar-refractivity contribution in [2.75, 3.05) is 40.3 Å². The molecule has 1 aromatic heterocycles. The average Bonchev–Trinajstić information content (AvgIpc) is 2.90. The molecule has 0 spiro atoms. The van der Waals surface area contributed by atoms with Crippen LogP contribution in [0.5, 0.6) is 0 Å². The van der Waals surface area contributed by atoms with Gasteiger partial charge in [-0.2, -0.15) is 9.40 Å². The molecule has 0 aliphatic carbocycles. The van der Waals surface area contributed by atoms with Crippen LogP contribution in [-0.2, 0) is 16.6 Å². The SMILES string of the molecule is CCCN(CCN(C)C)S(=O)(=O)c1cnn(CCCN)c1. The van der Waals surface area contributed by atoms with Gasteiger partial charge in [0.15, 0.2) is 0 Å². The topological polar surface area (TPSA) is 84.5 Å². The standard InChI is InChI=1S/C13H27N5O2S/c1-4-7-18(10-9-16(2)3)21(19,20)13-11-15-17(12-13)8-5-6-14/h11-12H,4-10,14H2,1-3H3. The van der Waals surface area contributed by atoms with Crippen LogP contribution in [0.4, 0.5) is 0 Å². The van der Waals surface area contributed by atoms with Crippen LogP contribution in [0.3, 0.4) is 0 Å². The van der Waals surface area contributed by atoms with Gasteiger partial charge in [0.1, 0.15) is 4.90 Å². The Kier molecular flexibility index (Phi) is 7.30. The van der Waals surface area contributed by atoms with E-state index in [1.165, 1.54) is 10.5 Å². The Balaban J connectivity index is 2.86. The lowest BCUT2D eigenvalue weighted by Crippen LogP contribution is -2.37. The predicted octanol–water partition coefficient (Wildman–Crippen LogP) is 0.194. The molecule has 122 valence electrons. The second kappa shape index (κ2) is 8.47. The van der Waals surface area contributed by atoms with E-state index in [1.54, 1.807) is 10.9 Å². The molecule has 0 bridgehead atoms. The van der Waals surface area contributed by atoms with E-state index in [0.29, 0.717) is 32.7 Å². The van der Waals surface area contributed by atoms with Gasteiger partial charge >= 0.3 is 0 Å². The van der Waals surface area contributed by atoms with Crippen molar-refractivity contribution in [2.45, 2.75) is 31.2 Å². The molecule has 1 heterocycles. The molecule has 0 radical (unpaired) electrons. The number of sulfonamides is 1. The van der Waals surface area contributed by atoms with Crippen LogP contribution in [0.1, 0.15) is 19.8 Å². The van der Waals surface area contributed by atoms with Gasteiger partial charge in [-0.05, 0) is 33.5 Å². The zero-order valence-electron chi connectivity index (χ0n) is 13.2. The highest BCUT2D eigenvalue weighted by atomic mass is 32.2. The van der Waals surface area contributed by atoms with Gasteiger partial charge in [0.2, 0.25) is 10.0 Å². The Labute approximate surface area is 127 Å². The molecule has 21 heavy (non-hydrogen) atoms. The minimum Gasteiger partial charge on any atom is -0.330 e. The van der Waals surface area contributed by atoms with Gasteiger partial charge in [-0.1, -0.05) is 6.92 Å². The summed E-state index contributed by atoms with van der Waals surface area (Å²) in [5.74, 6) is 0. The first-order valence-corrected chi connectivity index (χ1v) is 8.73. The van der Waals surface area contributed by atoms with Gasteiger partial charge < -0.3 is 10.6 Å². The summed E-state index contributed by atoms with van der Waals surface area (Å²) in [5, 5.41) is 4.10. The van der Waals surface area contributed by atoms with Crippen molar-refractivity contribution in [2.24, 2.45) is 5.73 Å². The molecule has 1 aromatic rings. The van der Waals surface area contributed by atoms with Crippen LogP contribution in [-0.4, -0.2) is 67.7 Å². The molecule has 0 aromatic carbocycles. The molecular formula is C13H27N5O2S. The molecular weight excluding hydrogens is 290 g/mol. The third kappa shape index (κ3) is 5.39. The smallest absolute Gasteiger partial charge is 0.246 e. The average molecular weight is 317 g/mol. The molecule has 2 N–H and O–H groups in total. The highest BCUT2D eigenvalue weighted by molar-refractivity contribution is 7.89. The first-order valence-electron chi connectivity index (χ1n) is 7.29. The van der Waals surface area contributed by atoms with Crippen molar-refractivity contribution < 1.29 is 8.42 Å². The highest BCUT2D eigenvalue weighted by Crippen LogP contribution is 2.15. The number of hydrogen-bond acceptors (Lipinski definition) is 5. The Morgan fingerprint density at radius 2 is 2.00 bits per heavy atom. The van der Waals surface area contributed by atoms with E-state index in [-0.39, 0.29) is 4.90 Å². The molecule has 0 aliphatic rings. The van der Waals surface area contributed by atoms with Crippen molar-refractivity contribution in [1.82, 2.24) is 19.0 Å². The first-order chi connectivity index (χ1) is 9.91. The van der Waals surface area contributed by atoms with Crippen LogP contribution < -0.4 is 5.73 Å². The van der Waals surface area contributed by atoms with Crippen molar-refractivity contribution in [3.63, 3.8) is 0 Å². The molecule has 0 amide bonds. The fraction of sp³-hybridized carbons (Fsp3) is 0.769. The van der Waals surface area contributed by atoms with E-state index in [1.807, 2.05) is 25.9 Å². The lowest BCUT2D eigenvalue weighted by Gasteiger charge is -2.22. The van der Waals surface area contributed by atoms with E-state index in [9.17, 15) is 8.42 Å². The Hall–Kier alpha value is -0.960. The van der Waals surface area contributed by atoms with Crippen LogP contribution in [0, 0.1) is 0 Å². The fourth-order valence-corrected chi connectivity index (χ4v) is 3.39. The summed E-state index contributed by atoms with van der Waals surface area (Å²) in [6.45, 7) is 4.87. The van der Waals surface area contributed by atoms with E-state index in [4.69, 9.17) is 5.73 Å². The minimum absolute atomic E-state index is 0.256. The van der Waals surface area contributed by atoms with Gasteiger partial charge in [0, 0.05) is 32.4 Å². The summed E-state index contributed by atoms with van der Waals surface area (Å²) in [7, 11) is 0.393. The van der Waals surface area contributed by atoms with Crippen LogP contribution >= 0.6 is 0 Å². The third-order valence-electron chi connectivity index (χ3n) is 3.11. The number of likely N-dealkylation sites (N-methyl/N-ethyl adjacent to an activating group) is 1. The Morgan fingerprint density at radius 1 is 1.29 bits per heavy atom. The van der Waals surface area contributed by atoms with Gasteiger partial charge in [0.05, 0.1) is 6.20 Å². The zero-order valence-corrected chi connectivity index (χ0v) is 14.0. The molecule has 0 fully saturated rings. The van der Waals surface area contributed by atoms with Crippen LogP contribution in [0.25, 0.3) is 0 Å². The molecule has 0 saturated carbocycles. The summed E-state index contributed by atoms with van der Waals surface area (Å²) >= 11 is 0. The van der Waals surface area contributed by atoms with Gasteiger partial charge in [-0.3, -0.25) is 4.68 Å². The number of nitrogens with zero attached hydrogens (tertiary/aromatic N) is 4. The van der Waals surface area contributed by atoms with Crippen molar-refractivity contribution in [3.05, 3.63) is 12.4 Å². The lowest BCUT2D eigenvalue weighted by molar-refractivity contribution is 0.333. The summed E-state index contributed by atoms with van der Waals surface area (Å²) in [5.41, 5.74) is 5.45. The summed E-state index contributed by atoms with van der Waals surface area (Å²) in [6, 6.07) is 0. The Morgan fingerprint density at radius 3 is 2.57 bits per heavy atom. The number of nitrogens with two attached hydrogens (primary N) is 1. The van der Waals surface area contributed by atoms with E-state index >= 15 is 0 Å². The molecule has 8 heteroatoms. The van der Waals surface area contributed by atoms with Crippen LogP contribution in [0.15, 0.2) is 17.3 Å². The van der Waals surface area contributed by atoms with Gasteiger partial charge in [-0.15, -0.1) is 0 Å². The monoisotopic (exact) mass is 317 g/mol. The quantitative estimate of drug-likeness (QED) is 0.666. The minimum atomic E-state index is -3.47. The van der Waals surface area contributed by atoms with Crippen molar-refractivity contribution in [3.8, 4) is 0 Å². The maximum Gasteiger partial charge on any atom is 0.246 e. The van der Waals surface area contributed by atoms with Crippen molar-refractivity contribution in [1.29, 1.82) is 0 Å². The zero-order chi connectivity index (χ0) is 15.9. The largest absolute Gasteiger partial charge is 0.330 e. The molecule has 1 rings (SSSR count). The number of hydrogen-bond donors (Lipinski definition) is 1. The lowest BCUT2D eigenvalue weighted by atomic mass is 10.4. The molecule has 0 saturated heterocycles. The number of rotatable bonds is 10. The predicted molar refractivity (Wildman–Crippen MR) is 83.5 cm³/mol. The number of aryl methyl sites for hydroxylation is 1. The first kappa shape index (κ1) is 18.1. The second-order valence-corrected chi connectivity index (χ2v) is 7.23. The second-order valence-electron chi connectivity index (χ2n) is 5.29. The van der Waals surface area contributed by atoms with E-state index in [2.05, 4.69) is 5.10 Å². The van der Waals surface area contributed by atoms with Crippen molar-refractivity contribution >= 4 is 10.0 Å². The normalized spacial score (nSPS) is 12.5. The molecule has 7 nitrogen and oxygen atoms in total. The molecule has 0 atom stereocenters. The summed E-state index contributed by atoms with van der Waals surface area (Å²) < 4.78 is 28.5. The van der Waals surface area contributed by atoms with E-state index < -0.39 is 10.0 Å². The highest BCUT2D eigenvalue weighted by Gasteiger charge is 2.25. The molecule has 0 unspecified atom stereocenters. The van der Waals surface area contributed by atoms with Gasteiger partial charge in [-0.25, -0.2) is 8.42 Å². The summed E-state index contributed by atoms with van der Waals surface area (Å²) in [4.78, 5) is 2.23. The maximum atomic E-state index is 12.7. The van der Waals surface area contributed by atoms with E-state index in [0.717, 1.165) is 12.8 Å². The van der Waals surface area contributed by atoms with Gasteiger partial charge in [0.25, 0.3) is 0 Å². The summed E-state index contributed by atoms with van der Waals surface area (Å²) in [6.07, 6.45) is 4.57. The third-order valence-corrected chi connectivity index (χ3v) is 4.96. The Bertz CT molecular complexity index is 512. The molecule has 0 aliphatic heterocycles. The van der Waals surface area contributed by atoms with Crippen LogP contribution in [0.2, 0.25) is 0 Å².